The van der Waals surface area contributed by atoms with E-state index in [2.05, 4.69) is 46.2 Å². The first-order valence-electron chi connectivity index (χ1n) is 11.5. The van der Waals surface area contributed by atoms with Gasteiger partial charge in [0.25, 0.3) is 0 Å². The summed E-state index contributed by atoms with van der Waals surface area (Å²) in [7, 11) is 0. The molecule has 1 atom stereocenters. The number of nitrogens with zero attached hydrogens (tertiary/aromatic N) is 3. The first kappa shape index (κ1) is 21.9. The van der Waals surface area contributed by atoms with Gasteiger partial charge in [-0.2, -0.15) is 0 Å². The van der Waals surface area contributed by atoms with Crippen molar-refractivity contribution in [2.75, 3.05) is 5.75 Å². The molecule has 1 N–H and O–H groups in total. The Morgan fingerprint density at radius 2 is 2.00 bits per heavy atom. The standard InChI is InChI=1S/C23H34N4OS2/c1-15(2)27-22(19-13-29-20-12-16(3)10-11-18(19)20)25-26-23(27)30-14-21(28)24-17-8-6-4-5-7-9-17/h13,15-17H,4-12,14H2,1-3H3,(H,24,28). The average Bonchev–Trinajstić information content (AvgIpc) is 3.23. The molecule has 0 aliphatic heterocycles. The van der Waals surface area contributed by atoms with Crippen LogP contribution in [0.5, 0.6) is 0 Å². The summed E-state index contributed by atoms with van der Waals surface area (Å²) in [6.45, 7) is 6.68. The third-order valence-electron chi connectivity index (χ3n) is 6.38. The van der Waals surface area contributed by atoms with Crippen molar-refractivity contribution in [2.24, 2.45) is 5.92 Å². The van der Waals surface area contributed by atoms with Crippen molar-refractivity contribution in [3.63, 3.8) is 0 Å². The Kier molecular flexibility index (Phi) is 7.19. The van der Waals surface area contributed by atoms with E-state index in [1.54, 1.807) is 0 Å². The Hall–Kier alpha value is -1.34. The Labute approximate surface area is 188 Å². The van der Waals surface area contributed by atoms with Gasteiger partial charge in [0.05, 0.1) is 5.75 Å². The zero-order valence-corrected chi connectivity index (χ0v) is 20.1. The summed E-state index contributed by atoms with van der Waals surface area (Å²) in [5.74, 6) is 2.25. The maximum Gasteiger partial charge on any atom is 0.230 e. The summed E-state index contributed by atoms with van der Waals surface area (Å²) in [5, 5.41) is 15.4. The van der Waals surface area contributed by atoms with Crippen molar-refractivity contribution in [2.45, 2.75) is 95.8 Å². The first-order valence-corrected chi connectivity index (χ1v) is 13.4. The number of carbonyl (C=O) groups is 1. The van der Waals surface area contributed by atoms with E-state index in [-0.39, 0.29) is 11.9 Å². The first-order chi connectivity index (χ1) is 14.5. The Morgan fingerprint density at radius 1 is 1.23 bits per heavy atom. The lowest BCUT2D eigenvalue weighted by atomic mass is 9.88. The molecule has 0 bridgehead atoms. The molecule has 7 heteroatoms. The lowest BCUT2D eigenvalue weighted by Crippen LogP contribution is -2.35. The maximum atomic E-state index is 12.5. The number of carbonyl (C=O) groups excluding carboxylic acids is 1. The van der Waals surface area contributed by atoms with Gasteiger partial charge in [0, 0.05) is 27.9 Å². The fourth-order valence-corrected chi connectivity index (χ4v) is 6.83. The highest BCUT2D eigenvalue weighted by Gasteiger charge is 2.25. The van der Waals surface area contributed by atoms with Crippen LogP contribution in [-0.2, 0) is 17.6 Å². The summed E-state index contributed by atoms with van der Waals surface area (Å²) in [5.41, 5.74) is 2.72. The lowest BCUT2D eigenvalue weighted by molar-refractivity contribution is -0.119. The number of rotatable bonds is 6. The summed E-state index contributed by atoms with van der Waals surface area (Å²) >= 11 is 3.38. The molecule has 0 saturated heterocycles. The topological polar surface area (TPSA) is 59.8 Å². The molecule has 0 aromatic carbocycles. The van der Waals surface area contributed by atoms with Gasteiger partial charge in [0.1, 0.15) is 0 Å². The molecule has 1 saturated carbocycles. The van der Waals surface area contributed by atoms with Gasteiger partial charge in [-0.25, -0.2) is 0 Å². The second kappa shape index (κ2) is 9.86. The summed E-state index contributed by atoms with van der Waals surface area (Å²) in [6, 6.07) is 0.597. The summed E-state index contributed by atoms with van der Waals surface area (Å²) in [6.07, 6.45) is 10.8. The van der Waals surface area contributed by atoms with Crippen molar-refractivity contribution in [1.29, 1.82) is 0 Å². The SMILES string of the molecule is CC1CCc2c(-c3nnc(SCC(=O)NC4CCCCCC4)n3C(C)C)csc2C1. The number of thiophene rings is 1. The molecule has 2 aromatic heterocycles. The molecule has 2 heterocycles. The van der Waals surface area contributed by atoms with E-state index in [4.69, 9.17) is 0 Å². The van der Waals surface area contributed by atoms with Gasteiger partial charge < -0.3 is 5.32 Å². The zero-order valence-electron chi connectivity index (χ0n) is 18.4. The minimum Gasteiger partial charge on any atom is -0.353 e. The van der Waals surface area contributed by atoms with Crippen LogP contribution in [0.3, 0.4) is 0 Å². The van der Waals surface area contributed by atoms with E-state index in [0.29, 0.717) is 11.8 Å². The molecule has 0 radical (unpaired) electrons. The third kappa shape index (κ3) is 4.93. The quantitative estimate of drug-likeness (QED) is 0.460. The highest BCUT2D eigenvalue weighted by Crippen LogP contribution is 2.39. The molecule has 1 amide bonds. The number of hydrogen-bond donors (Lipinski definition) is 1. The normalized spacial score (nSPS) is 20.2. The van der Waals surface area contributed by atoms with Crippen LogP contribution in [0.2, 0.25) is 0 Å². The molecule has 2 aromatic rings. The number of aromatic nitrogens is 3. The van der Waals surface area contributed by atoms with Crippen LogP contribution < -0.4 is 5.32 Å². The van der Waals surface area contributed by atoms with Crippen molar-refractivity contribution < 1.29 is 4.79 Å². The van der Waals surface area contributed by atoms with Gasteiger partial charge in [0.15, 0.2) is 11.0 Å². The van der Waals surface area contributed by atoms with Crippen molar-refractivity contribution in [3.8, 4) is 11.4 Å². The molecule has 2 aliphatic rings. The van der Waals surface area contributed by atoms with Gasteiger partial charge in [-0.05, 0) is 57.4 Å². The van der Waals surface area contributed by atoms with E-state index in [0.717, 1.165) is 36.2 Å². The third-order valence-corrected chi connectivity index (χ3v) is 8.37. The van der Waals surface area contributed by atoms with E-state index >= 15 is 0 Å². The van der Waals surface area contributed by atoms with Crippen LogP contribution in [0.25, 0.3) is 11.4 Å². The van der Waals surface area contributed by atoms with Crippen LogP contribution in [-0.4, -0.2) is 32.5 Å². The average molecular weight is 447 g/mol. The number of amides is 1. The number of fused-ring (bicyclic) bond motifs is 1. The van der Waals surface area contributed by atoms with Crippen LogP contribution >= 0.6 is 23.1 Å². The van der Waals surface area contributed by atoms with E-state index < -0.39 is 0 Å². The van der Waals surface area contributed by atoms with Crippen LogP contribution in [0, 0.1) is 5.92 Å². The van der Waals surface area contributed by atoms with Crippen molar-refractivity contribution in [1.82, 2.24) is 20.1 Å². The molecule has 4 rings (SSSR count). The number of nitrogens with one attached hydrogen (secondary N) is 1. The zero-order chi connectivity index (χ0) is 21.1. The van der Waals surface area contributed by atoms with E-state index in [1.165, 1.54) is 66.3 Å². The van der Waals surface area contributed by atoms with Crippen LogP contribution in [0.1, 0.15) is 82.2 Å². The number of hydrogen-bond acceptors (Lipinski definition) is 5. The Balaban J connectivity index is 1.46. The molecule has 164 valence electrons. The second-order valence-electron chi connectivity index (χ2n) is 9.21. The van der Waals surface area contributed by atoms with Gasteiger partial charge >= 0.3 is 0 Å². The maximum absolute atomic E-state index is 12.5. The van der Waals surface area contributed by atoms with E-state index in [1.807, 2.05) is 11.3 Å². The van der Waals surface area contributed by atoms with Gasteiger partial charge in [-0.15, -0.1) is 21.5 Å². The van der Waals surface area contributed by atoms with Gasteiger partial charge in [0.2, 0.25) is 5.91 Å². The summed E-state index contributed by atoms with van der Waals surface area (Å²) in [4.78, 5) is 14.1. The minimum atomic E-state index is 0.119. The van der Waals surface area contributed by atoms with Crippen molar-refractivity contribution >= 4 is 29.0 Å². The van der Waals surface area contributed by atoms with Crippen molar-refractivity contribution in [3.05, 3.63) is 15.8 Å². The van der Waals surface area contributed by atoms with Crippen LogP contribution in [0.4, 0.5) is 0 Å². The minimum absolute atomic E-state index is 0.119. The highest BCUT2D eigenvalue weighted by atomic mass is 32.2. The molecule has 5 nitrogen and oxygen atoms in total. The molecule has 30 heavy (non-hydrogen) atoms. The molecule has 1 unspecified atom stereocenters. The molecule has 0 spiro atoms. The second-order valence-corrected chi connectivity index (χ2v) is 11.1. The fourth-order valence-electron chi connectivity index (χ4n) is 4.71. The predicted octanol–water partition coefficient (Wildman–Crippen LogP) is 5.64. The van der Waals surface area contributed by atoms with Crippen LogP contribution in [0.15, 0.2) is 10.5 Å². The predicted molar refractivity (Wildman–Crippen MR) is 125 cm³/mol. The molecular formula is C23H34N4OS2. The molecule has 2 aliphatic carbocycles. The smallest absolute Gasteiger partial charge is 0.230 e. The number of thioether (sulfide) groups is 1. The van der Waals surface area contributed by atoms with E-state index in [9.17, 15) is 4.79 Å². The fraction of sp³-hybridized carbons (Fsp3) is 0.696. The monoisotopic (exact) mass is 446 g/mol. The lowest BCUT2D eigenvalue weighted by Gasteiger charge is -2.20. The Bertz CT molecular complexity index is 865. The highest BCUT2D eigenvalue weighted by molar-refractivity contribution is 7.99. The largest absolute Gasteiger partial charge is 0.353 e. The molecule has 1 fully saturated rings. The Morgan fingerprint density at radius 3 is 2.73 bits per heavy atom. The van der Waals surface area contributed by atoms with Gasteiger partial charge in [-0.1, -0.05) is 44.4 Å². The van der Waals surface area contributed by atoms with Gasteiger partial charge in [-0.3, -0.25) is 9.36 Å². The molecular weight excluding hydrogens is 412 g/mol. The summed E-state index contributed by atoms with van der Waals surface area (Å²) < 4.78 is 2.21.